The zero-order valence-electron chi connectivity index (χ0n) is 17.3. The minimum absolute atomic E-state index is 0.0763. The quantitative estimate of drug-likeness (QED) is 0.390. The van der Waals surface area contributed by atoms with Crippen molar-refractivity contribution < 1.29 is 13.9 Å². The summed E-state index contributed by atoms with van der Waals surface area (Å²) in [7, 11) is 1.57. The summed E-state index contributed by atoms with van der Waals surface area (Å²) in [6, 6.07) is 21.0. The first-order valence-electron chi connectivity index (χ1n) is 10.1. The van der Waals surface area contributed by atoms with E-state index >= 15 is 0 Å². The average molecular weight is 428 g/mol. The van der Waals surface area contributed by atoms with Gasteiger partial charge >= 0.3 is 0 Å². The Labute approximate surface area is 182 Å². The van der Waals surface area contributed by atoms with Gasteiger partial charge in [-0.3, -0.25) is 0 Å². The van der Waals surface area contributed by atoms with Crippen LogP contribution in [0.25, 0.3) is 0 Å². The Bertz CT molecular complexity index is 949. The van der Waals surface area contributed by atoms with Gasteiger partial charge in [0, 0.05) is 18.2 Å². The number of nitrogens with one attached hydrogen (secondary N) is 1. The van der Waals surface area contributed by atoms with Crippen LogP contribution in [0.15, 0.2) is 66.7 Å². The minimum atomic E-state index is -0.309. The fourth-order valence-electron chi connectivity index (χ4n) is 3.38. The van der Waals surface area contributed by atoms with Crippen molar-refractivity contribution in [1.82, 2.24) is 5.32 Å². The topological polar surface area (TPSA) is 30.5 Å². The van der Waals surface area contributed by atoms with Crippen molar-refractivity contribution in [2.75, 3.05) is 7.11 Å². The normalized spacial score (nSPS) is 11.9. The van der Waals surface area contributed by atoms with Crippen molar-refractivity contribution in [3.63, 3.8) is 0 Å². The molecule has 0 aromatic heterocycles. The summed E-state index contributed by atoms with van der Waals surface area (Å²) in [6.45, 7) is 2.90. The van der Waals surface area contributed by atoms with E-state index in [1.807, 2.05) is 18.2 Å². The first kappa shape index (κ1) is 22.1. The lowest BCUT2D eigenvalue weighted by Gasteiger charge is -2.20. The zero-order valence-corrected chi connectivity index (χ0v) is 18.1. The molecule has 0 aliphatic carbocycles. The molecule has 1 N–H and O–H groups in total. The maximum absolute atomic E-state index is 13.9. The number of benzene rings is 3. The average Bonchev–Trinajstić information content (AvgIpc) is 2.77. The van der Waals surface area contributed by atoms with Gasteiger partial charge in [-0.15, -0.1) is 0 Å². The smallest absolute Gasteiger partial charge is 0.180 e. The Morgan fingerprint density at radius 1 is 1.03 bits per heavy atom. The summed E-state index contributed by atoms with van der Waals surface area (Å²) in [5.74, 6) is 0.637. The van der Waals surface area contributed by atoms with Crippen molar-refractivity contribution in [2.24, 2.45) is 0 Å². The molecule has 0 radical (unpaired) electrons. The minimum Gasteiger partial charge on any atom is -0.493 e. The Kier molecular flexibility index (Phi) is 8.12. The molecule has 3 rings (SSSR count). The lowest BCUT2D eigenvalue weighted by atomic mass is 10.0. The maximum atomic E-state index is 13.9. The van der Waals surface area contributed by atoms with Gasteiger partial charge in [0.25, 0.3) is 0 Å². The molecule has 3 aromatic carbocycles. The lowest BCUT2D eigenvalue weighted by molar-refractivity contribution is 0.279. The number of ether oxygens (including phenoxy) is 2. The van der Waals surface area contributed by atoms with Gasteiger partial charge in [-0.25, -0.2) is 4.39 Å². The van der Waals surface area contributed by atoms with E-state index < -0.39 is 0 Å². The Hall–Kier alpha value is -2.56. The van der Waals surface area contributed by atoms with Crippen LogP contribution in [0.3, 0.4) is 0 Å². The summed E-state index contributed by atoms with van der Waals surface area (Å²) in [6.07, 6.45) is 2.12. The predicted octanol–water partition coefficient (Wildman–Crippen LogP) is 6.70. The number of hydrogen-bond donors (Lipinski definition) is 1. The summed E-state index contributed by atoms with van der Waals surface area (Å²) in [5.41, 5.74) is 2.72. The second kappa shape index (κ2) is 11.0. The largest absolute Gasteiger partial charge is 0.493 e. The van der Waals surface area contributed by atoms with Crippen molar-refractivity contribution in [3.05, 3.63) is 94.3 Å². The van der Waals surface area contributed by atoms with Crippen molar-refractivity contribution in [2.45, 2.75) is 39.0 Å². The Balaban J connectivity index is 1.72. The van der Waals surface area contributed by atoms with Gasteiger partial charge in [0.1, 0.15) is 12.4 Å². The van der Waals surface area contributed by atoms with Crippen LogP contribution in [0.1, 0.15) is 42.5 Å². The molecular weight excluding hydrogens is 401 g/mol. The van der Waals surface area contributed by atoms with Crippen LogP contribution in [-0.4, -0.2) is 7.11 Å². The van der Waals surface area contributed by atoms with Gasteiger partial charge in [-0.1, -0.05) is 73.5 Å². The number of halogens is 2. The van der Waals surface area contributed by atoms with Crippen molar-refractivity contribution >= 4 is 11.6 Å². The van der Waals surface area contributed by atoms with Crippen LogP contribution in [0.5, 0.6) is 11.5 Å². The second-order valence-corrected chi connectivity index (χ2v) is 7.53. The number of methoxy groups -OCH3 is 1. The summed E-state index contributed by atoms with van der Waals surface area (Å²) < 4.78 is 25.2. The molecule has 0 saturated heterocycles. The molecule has 1 unspecified atom stereocenters. The van der Waals surface area contributed by atoms with Crippen LogP contribution in [-0.2, 0) is 13.2 Å². The Morgan fingerprint density at radius 3 is 2.47 bits per heavy atom. The van der Waals surface area contributed by atoms with Crippen LogP contribution >= 0.6 is 11.6 Å². The highest BCUT2D eigenvalue weighted by Gasteiger charge is 2.15. The fourth-order valence-corrected chi connectivity index (χ4v) is 3.67. The third-order valence-electron chi connectivity index (χ3n) is 4.95. The van der Waals surface area contributed by atoms with Crippen LogP contribution in [0, 0.1) is 5.82 Å². The monoisotopic (exact) mass is 427 g/mol. The summed E-state index contributed by atoms with van der Waals surface area (Å²) in [4.78, 5) is 0. The molecule has 3 aromatic rings. The second-order valence-electron chi connectivity index (χ2n) is 7.12. The van der Waals surface area contributed by atoms with Gasteiger partial charge < -0.3 is 14.8 Å². The highest BCUT2D eigenvalue weighted by molar-refractivity contribution is 6.32. The maximum Gasteiger partial charge on any atom is 0.180 e. The molecule has 0 bridgehead atoms. The number of hydrogen-bond acceptors (Lipinski definition) is 3. The van der Waals surface area contributed by atoms with Crippen LogP contribution < -0.4 is 14.8 Å². The molecule has 0 spiro atoms. The van der Waals surface area contributed by atoms with Crippen molar-refractivity contribution in [3.8, 4) is 11.5 Å². The molecule has 30 heavy (non-hydrogen) atoms. The molecule has 0 saturated carbocycles. The van der Waals surface area contributed by atoms with Gasteiger partial charge in [-0.2, -0.15) is 0 Å². The van der Waals surface area contributed by atoms with Crippen molar-refractivity contribution in [1.29, 1.82) is 0 Å². The van der Waals surface area contributed by atoms with Gasteiger partial charge in [-0.05, 0) is 35.7 Å². The first-order chi connectivity index (χ1) is 14.6. The van der Waals surface area contributed by atoms with E-state index in [4.69, 9.17) is 21.1 Å². The van der Waals surface area contributed by atoms with Gasteiger partial charge in [0.15, 0.2) is 11.5 Å². The van der Waals surface area contributed by atoms with Crippen LogP contribution in [0.2, 0.25) is 5.02 Å². The van der Waals surface area contributed by atoms with E-state index in [1.165, 1.54) is 11.6 Å². The molecule has 5 heteroatoms. The van der Waals surface area contributed by atoms with Crippen LogP contribution in [0.4, 0.5) is 4.39 Å². The molecule has 0 aliphatic rings. The van der Waals surface area contributed by atoms with Gasteiger partial charge in [0.2, 0.25) is 0 Å². The number of rotatable bonds is 10. The molecule has 3 nitrogen and oxygen atoms in total. The SMILES string of the molecule is CCCC(NCc1cc(Cl)c(OCc2ccccc2F)c(OC)c1)c1ccccc1. The molecule has 0 aliphatic heterocycles. The van der Waals surface area contributed by atoms with E-state index in [-0.39, 0.29) is 18.5 Å². The zero-order chi connectivity index (χ0) is 21.3. The van der Waals surface area contributed by atoms with E-state index in [1.54, 1.807) is 25.3 Å². The first-order valence-corrected chi connectivity index (χ1v) is 10.5. The fraction of sp³-hybridized carbons (Fsp3) is 0.280. The standard InChI is InChI=1S/C25H27ClFNO2/c1-3-9-23(19-10-5-4-6-11-19)28-16-18-14-21(26)25(24(15-18)29-2)30-17-20-12-7-8-13-22(20)27/h4-8,10-15,23,28H,3,9,16-17H2,1-2H3. The van der Waals surface area contributed by atoms with E-state index in [9.17, 15) is 4.39 Å². The molecular formula is C25H27ClFNO2. The lowest BCUT2D eigenvalue weighted by Crippen LogP contribution is -2.20. The summed E-state index contributed by atoms with van der Waals surface area (Å²) >= 11 is 6.49. The highest BCUT2D eigenvalue weighted by atomic mass is 35.5. The van der Waals surface area contributed by atoms with E-state index in [0.29, 0.717) is 28.6 Å². The third kappa shape index (κ3) is 5.74. The molecule has 158 valence electrons. The van der Waals surface area contributed by atoms with Gasteiger partial charge in [0.05, 0.1) is 12.1 Å². The molecule has 0 heterocycles. The predicted molar refractivity (Wildman–Crippen MR) is 120 cm³/mol. The molecule has 1 atom stereocenters. The summed E-state index contributed by atoms with van der Waals surface area (Å²) in [5, 5.41) is 4.05. The van der Waals surface area contributed by atoms with E-state index in [2.05, 4.69) is 36.5 Å². The Morgan fingerprint density at radius 2 is 1.77 bits per heavy atom. The molecule has 0 amide bonds. The van der Waals surface area contributed by atoms with E-state index in [0.717, 1.165) is 18.4 Å². The molecule has 0 fully saturated rings. The third-order valence-corrected chi connectivity index (χ3v) is 5.23. The highest BCUT2D eigenvalue weighted by Crippen LogP contribution is 2.37.